The van der Waals surface area contributed by atoms with Crippen LogP contribution in [0.3, 0.4) is 0 Å². The summed E-state index contributed by atoms with van der Waals surface area (Å²) in [6.07, 6.45) is 7.18. The Hall–Kier alpha value is -0.890. The molecule has 0 unspecified atom stereocenters. The van der Waals surface area contributed by atoms with Gasteiger partial charge in [0.2, 0.25) is 0 Å². The van der Waals surface area contributed by atoms with Gasteiger partial charge in [-0.2, -0.15) is 0 Å². The van der Waals surface area contributed by atoms with Crippen molar-refractivity contribution in [1.82, 2.24) is 0 Å². The van der Waals surface area contributed by atoms with Crippen LogP contribution in [0, 0.1) is 11.7 Å². The number of hydrogen-bond acceptors (Lipinski definition) is 1. The molecule has 0 heterocycles. The summed E-state index contributed by atoms with van der Waals surface area (Å²) >= 11 is 5.69. The summed E-state index contributed by atoms with van der Waals surface area (Å²) in [7, 11) is 0. The molecule has 2 rings (SSSR count). The van der Waals surface area contributed by atoms with E-state index in [1.165, 1.54) is 31.7 Å². The van der Waals surface area contributed by atoms with Gasteiger partial charge in [0, 0.05) is 12.8 Å². The molecule has 98 valence electrons. The Kier molecular flexibility index (Phi) is 4.76. The van der Waals surface area contributed by atoms with Crippen molar-refractivity contribution in [3.8, 4) is 0 Å². The zero-order chi connectivity index (χ0) is 13.0. The molecule has 1 aliphatic carbocycles. The lowest BCUT2D eigenvalue weighted by atomic mass is 9.98. The van der Waals surface area contributed by atoms with Crippen molar-refractivity contribution in [3.63, 3.8) is 0 Å². The van der Waals surface area contributed by atoms with E-state index < -0.39 is 5.82 Å². The molecule has 0 amide bonds. The molecular formula is C15H18ClFO. The first-order valence-corrected chi connectivity index (χ1v) is 6.98. The van der Waals surface area contributed by atoms with E-state index in [2.05, 4.69) is 0 Å². The summed E-state index contributed by atoms with van der Waals surface area (Å²) < 4.78 is 13.0. The van der Waals surface area contributed by atoms with E-state index in [0.717, 1.165) is 17.9 Å². The average molecular weight is 269 g/mol. The van der Waals surface area contributed by atoms with Crippen LogP contribution in [0.25, 0.3) is 0 Å². The van der Waals surface area contributed by atoms with Gasteiger partial charge in [0.05, 0.1) is 5.02 Å². The van der Waals surface area contributed by atoms with Crippen molar-refractivity contribution >= 4 is 17.4 Å². The highest BCUT2D eigenvalue weighted by Gasteiger charge is 2.16. The van der Waals surface area contributed by atoms with Crippen molar-refractivity contribution in [3.05, 3.63) is 34.6 Å². The standard InChI is InChI=1S/C15H18ClFO/c16-14-10-12(6-8-15(14)17)9-13(18)7-5-11-3-1-2-4-11/h6,8,10-11H,1-5,7,9H2. The Bertz CT molecular complexity index is 425. The van der Waals surface area contributed by atoms with Crippen LogP contribution < -0.4 is 0 Å². The van der Waals surface area contributed by atoms with Gasteiger partial charge in [-0.05, 0) is 30.0 Å². The normalized spacial score (nSPS) is 16.1. The average Bonchev–Trinajstić information content (AvgIpc) is 2.84. The molecule has 0 spiro atoms. The highest BCUT2D eigenvalue weighted by Crippen LogP contribution is 2.28. The van der Waals surface area contributed by atoms with Crippen molar-refractivity contribution in [2.75, 3.05) is 0 Å². The molecular weight excluding hydrogens is 251 g/mol. The highest BCUT2D eigenvalue weighted by atomic mass is 35.5. The lowest BCUT2D eigenvalue weighted by molar-refractivity contribution is -0.118. The van der Waals surface area contributed by atoms with Gasteiger partial charge in [-0.25, -0.2) is 4.39 Å². The minimum absolute atomic E-state index is 0.0936. The first-order valence-electron chi connectivity index (χ1n) is 6.61. The third-order valence-corrected chi connectivity index (χ3v) is 3.98. The number of benzene rings is 1. The third-order valence-electron chi connectivity index (χ3n) is 3.69. The molecule has 1 aromatic rings. The smallest absolute Gasteiger partial charge is 0.141 e. The summed E-state index contributed by atoms with van der Waals surface area (Å²) in [6.45, 7) is 0. The first-order chi connectivity index (χ1) is 8.65. The molecule has 0 aliphatic heterocycles. The predicted molar refractivity (Wildman–Crippen MR) is 71.3 cm³/mol. The molecule has 0 aromatic heterocycles. The molecule has 0 saturated heterocycles. The Morgan fingerprint density at radius 2 is 2.06 bits per heavy atom. The van der Waals surface area contributed by atoms with E-state index in [-0.39, 0.29) is 10.8 Å². The van der Waals surface area contributed by atoms with Crippen LogP contribution >= 0.6 is 11.6 Å². The summed E-state index contributed by atoms with van der Waals surface area (Å²) in [5, 5.41) is 0.0936. The minimum atomic E-state index is -0.432. The van der Waals surface area contributed by atoms with Crippen LogP contribution in [0.15, 0.2) is 18.2 Å². The zero-order valence-electron chi connectivity index (χ0n) is 10.4. The second-order valence-corrected chi connectivity index (χ2v) is 5.56. The Morgan fingerprint density at radius 1 is 1.33 bits per heavy atom. The zero-order valence-corrected chi connectivity index (χ0v) is 11.2. The SMILES string of the molecule is O=C(CCC1CCCC1)Cc1ccc(F)c(Cl)c1. The maximum atomic E-state index is 13.0. The fourth-order valence-electron chi connectivity index (χ4n) is 2.63. The van der Waals surface area contributed by atoms with Gasteiger partial charge >= 0.3 is 0 Å². The molecule has 0 N–H and O–H groups in total. The quantitative estimate of drug-likeness (QED) is 0.765. The number of halogens is 2. The molecule has 18 heavy (non-hydrogen) atoms. The summed E-state index contributed by atoms with van der Waals surface area (Å²) in [5.74, 6) is 0.536. The molecule has 1 nitrogen and oxygen atoms in total. The van der Waals surface area contributed by atoms with Gasteiger partial charge in [-0.15, -0.1) is 0 Å². The fourth-order valence-corrected chi connectivity index (χ4v) is 2.83. The summed E-state index contributed by atoms with van der Waals surface area (Å²) in [6, 6.07) is 4.50. The molecule has 1 saturated carbocycles. The van der Waals surface area contributed by atoms with Gasteiger partial charge in [0.15, 0.2) is 0 Å². The molecule has 0 radical (unpaired) electrons. The van der Waals surface area contributed by atoms with Gasteiger partial charge < -0.3 is 0 Å². The topological polar surface area (TPSA) is 17.1 Å². The molecule has 3 heteroatoms. The second-order valence-electron chi connectivity index (χ2n) is 5.15. The fraction of sp³-hybridized carbons (Fsp3) is 0.533. The van der Waals surface area contributed by atoms with Crippen LogP contribution in [0.4, 0.5) is 4.39 Å². The van der Waals surface area contributed by atoms with E-state index in [1.54, 1.807) is 12.1 Å². The summed E-state index contributed by atoms with van der Waals surface area (Å²) in [4.78, 5) is 11.8. The van der Waals surface area contributed by atoms with Crippen molar-refractivity contribution < 1.29 is 9.18 Å². The monoisotopic (exact) mass is 268 g/mol. The van der Waals surface area contributed by atoms with Gasteiger partial charge in [-0.3, -0.25) is 4.79 Å². The number of carbonyl (C=O) groups is 1. The van der Waals surface area contributed by atoms with Gasteiger partial charge in [0.1, 0.15) is 11.6 Å². The first kappa shape index (κ1) is 13.5. The Balaban J connectivity index is 1.80. The maximum Gasteiger partial charge on any atom is 0.141 e. The van der Waals surface area contributed by atoms with E-state index in [4.69, 9.17) is 11.6 Å². The van der Waals surface area contributed by atoms with E-state index in [1.807, 2.05) is 0 Å². The number of hydrogen-bond donors (Lipinski definition) is 0. The van der Waals surface area contributed by atoms with Crippen LogP contribution in [0.1, 0.15) is 44.1 Å². The molecule has 1 fully saturated rings. The van der Waals surface area contributed by atoms with E-state index >= 15 is 0 Å². The number of Topliss-reactive ketones (excluding diaryl/α,β-unsaturated/α-hetero) is 1. The van der Waals surface area contributed by atoms with Crippen LogP contribution in [0.5, 0.6) is 0 Å². The second kappa shape index (κ2) is 6.33. The van der Waals surface area contributed by atoms with Gasteiger partial charge in [-0.1, -0.05) is 43.4 Å². The van der Waals surface area contributed by atoms with Crippen LogP contribution in [-0.4, -0.2) is 5.78 Å². The lowest BCUT2D eigenvalue weighted by Crippen LogP contribution is -2.05. The van der Waals surface area contributed by atoms with Crippen molar-refractivity contribution in [1.29, 1.82) is 0 Å². The molecule has 1 aromatic carbocycles. The highest BCUT2D eigenvalue weighted by molar-refractivity contribution is 6.30. The summed E-state index contributed by atoms with van der Waals surface area (Å²) in [5.41, 5.74) is 0.804. The van der Waals surface area contributed by atoms with E-state index in [9.17, 15) is 9.18 Å². The van der Waals surface area contributed by atoms with E-state index in [0.29, 0.717) is 12.8 Å². The van der Waals surface area contributed by atoms with Crippen molar-refractivity contribution in [2.45, 2.75) is 44.9 Å². The third kappa shape index (κ3) is 3.81. The maximum absolute atomic E-state index is 13.0. The lowest BCUT2D eigenvalue weighted by Gasteiger charge is -2.07. The van der Waals surface area contributed by atoms with Crippen LogP contribution in [0.2, 0.25) is 5.02 Å². The van der Waals surface area contributed by atoms with Crippen molar-refractivity contribution in [2.24, 2.45) is 5.92 Å². The van der Waals surface area contributed by atoms with Gasteiger partial charge in [0.25, 0.3) is 0 Å². The minimum Gasteiger partial charge on any atom is -0.299 e. The largest absolute Gasteiger partial charge is 0.299 e. The Labute approximate surface area is 112 Å². The number of carbonyl (C=O) groups excluding carboxylic acids is 1. The van der Waals surface area contributed by atoms with Crippen LogP contribution in [-0.2, 0) is 11.2 Å². The number of rotatable bonds is 5. The Morgan fingerprint density at radius 3 is 2.72 bits per heavy atom. The predicted octanol–water partition coefficient (Wildman–Crippen LogP) is 4.56. The molecule has 0 atom stereocenters. The molecule has 0 bridgehead atoms. The number of ketones is 1. The molecule has 1 aliphatic rings.